The van der Waals surface area contributed by atoms with Gasteiger partial charge in [0.15, 0.2) is 0 Å². The molecule has 1 unspecified atom stereocenters. The maximum atomic E-state index is 13.8. The second kappa shape index (κ2) is 12.4. The Morgan fingerprint density at radius 1 is 0.919 bits per heavy atom. The maximum Gasteiger partial charge on any atom is 0.244 e. The number of halogens is 2. The summed E-state index contributed by atoms with van der Waals surface area (Å²) < 4.78 is 26.5. The number of hydrogen-bond acceptors (Lipinski definition) is 4. The molecule has 0 aliphatic rings. The van der Waals surface area contributed by atoms with Crippen LogP contribution in [0.5, 0.6) is 0 Å². The molecule has 0 radical (unpaired) electrons. The predicted molar refractivity (Wildman–Crippen MR) is 148 cm³/mol. The summed E-state index contributed by atoms with van der Waals surface area (Å²) in [4.78, 5) is 28.3. The highest BCUT2D eigenvalue weighted by atomic mass is 35.5. The van der Waals surface area contributed by atoms with Crippen LogP contribution in [0, 0.1) is 6.92 Å². The Labute approximate surface area is 228 Å². The highest BCUT2D eigenvalue weighted by Crippen LogP contribution is 2.25. The smallest absolute Gasteiger partial charge is 0.244 e. The van der Waals surface area contributed by atoms with Gasteiger partial charge in [0, 0.05) is 20.0 Å². The average molecular weight is 563 g/mol. The molecular weight excluding hydrogens is 533 g/mol. The second-order valence-electron chi connectivity index (χ2n) is 8.70. The Hall–Kier alpha value is -3.07. The van der Waals surface area contributed by atoms with Gasteiger partial charge in [0.1, 0.15) is 12.6 Å². The van der Waals surface area contributed by atoms with Crippen LogP contribution in [0.15, 0.2) is 72.8 Å². The van der Waals surface area contributed by atoms with Crippen molar-refractivity contribution in [3.63, 3.8) is 0 Å². The summed E-state index contributed by atoms with van der Waals surface area (Å²) in [5.41, 5.74) is 2.70. The molecule has 0 fully saturated rings. The number of amides is 2. The lowest BCUT2D eigenvalue weighted by atomic mass is 10.0. The topological polar surface area (TPSA) is 86.8 Å². The minimum absolute atomic E-state index is 0.0199. The summed E-state index contributed by atoms with van der Waals surface area (Å²) in [7, 11) is -2.31. The zero-order valence-electron chi connectivity index (χ0n) is 20.8. The van der Waals surface area contributed by atoms with Crippen molar-refractivity contribution in [3.05, 3.63) is 99.5 Å². The van der Waals surface area contributed by atoms with Crippen LogP contribution in [0.4, 0.5) is 5.69 Å². The quantitative estimate of drug-likeness (QED) is 0.396. The summed E-state index contributed by atoms with van der Waals surface area (Å²) in [6, 6.07) is 20.2. The molecular formula is C27H29Cl2N3O4S. The molecule has 0 spiro atoms. The summed E-state index contributed by atoms with van der Waals surface area (Å²) in [5.74, 6) is -0.916. The van der Waals surface area contributed by atoms with Crippen LogP contribution in [0.25, 0.3) is 0 Å². The fraction of sp³-hybridized carbons (Fsp3) is 0.259. The Kier molecular flexibility index (Phi) is 9.59. The van der Waals surface area contributed by atoms with E-state index in [-0.39, 0.29) is 18.9 Å². The summed E-state index contributed by atoms with van der Waals surface area (Å²) in [6.45, 7) is 1.38. The van der Waals surface area contributed by atoms with Gasteiger partial charge in [0.05, 0.1) is 22.0 Å². The minimum Gasteiger partial charge on any atom is -0.357 e. The number of carbonyl (C=O) groups excluding carboxylic acids is 2. The van der Waals surface area contributed by atoms with E-state index in [2.05, 4.69) is 5.32 Å². The standard InChI is InChI=1S/C27H29Cl2N3O4S/c1-19-8-7-11-22(14-19)32(37(3,35)36)18-26(33)31(17-21-12-13-23(28)24(29)15-21)25(27(34)30-2)16-20-9-5-4-6-10-20/h4-15,25H,16-18H2,1-3H3,(H,30,34). The van der Waals surface area contributed by atoms with E-state index in [0.717, 1.165) is 21.7 Å². The molecule has 1 atom stereocenters. The molecule has 0 saturated carbocycles. The Morgan fingerprint density at radius 3 is 2.22 bits per heavy atom. The van der Waals surface area contributed by atoms with Gasteiger partial charge >= 0.3 is 0 Å². The first-order chi connectivity index (χ1) is 17.5. The van der Waals surface area contributed by atoms with Crippen molar-refractivity contribution in [2.75, 3.05) is 24.2 Å². The number of carbonyl (C=O) groups is 2. The van der Waals surface area contributed by atoms with Crippen molar-refractivity contribution in [3.8, 4) is 0 Å². The van der Waals surface area contributed by atoms with Crippen LogP contribution >= 0.6 is 23.2 Å². The zero-order chi connectivity index (χ0) is 27.2. The maximum absolute atomic E-state index is 13.8. The molecule has 3 aromatic carbocycles. The summed E-state index contributed by atoms with van der Waals surface area (Å²) in [5, 5.41) is 3.31. The third kappa shape index (κ3) is 7.71. The van der Waals surface area contributed by atoms with E-state index in [1.54, 1.807) is 36.4 Å². The molecule has 37 heavy (non-hydrogen) atoms. The Morgan fingerprint density at radius 2 is 1.62 bits per heavy atom. The van der Waals surface area contributed by atoms with Crippen molar-refractivity contribution in [2.45, 2.75) is 25.9 Å². The van der Waals surface area contributed by atoms with Crippen molar-refractivity contribution in [2.24, 2.45) is 0 Å². The number of nitrogens with one attached hydrogen (secondary N) is 1. The van der Waals surface area contributed by atoms with Crippen molar-refractivity contribution < 1.29 is 18.0 Å². The lowest BCUT2D eigenvalue weighted by molar-refractivity contribution is -0.139. The molecule has 0 heterocycles. The van der Waals surface area contributed by atoms with E-state index in [1.807, 2.05) is 43.3 Å². The first-order valence-corrected chi connectivity index (χ1v) is 14.1. The molecule has 0 saturated heterocycles. The van der Waals surface area contributed by atoms with Crippen molar-refractivity contribution >= 4 is 50.7 Å². The first kappa shape index (κ1) is 28.5. The lowest BCUT2D eigenvalue weighted by Crippen LogP contribution is -2.52. The van der Waals surface area contributed by atoms with E-state index in [4.69, 9.17) is 23.2 Å². The molecule has 0 aromatic heterocycles. The van der Waals surface area contributed by atoms with E-state index in [1.165, 1.54) is 11.9 Å². The van der Waals surface area contributed by atoms with Crippen LogP contribution in [0.3, 0.4) is 0 Å². The van der Waals surface area contributed by atoms with Crippen molar-refractivity contribution in [1.29, 1.82) is 0 Å². The van der Waals surface area contributed by atoms with Gasteiger partial charge in [-0.05, 0) is 47.9 Å². The van der Waals surface area contributed by atoms with E-state index in [9.17, 15) is 18.0 Å². The molecule has 7 nitrogen and oxygen atoms in total. The molecule has 0 aliphatic heterocycles. The van der Waals surface area contributed by atoms with Gasteiger partial charge in [-0.1, -0.05) is 71.7 Å². The lowest BCUT2D eigenvalue weighted by Gasteiger charge is -2.33. The largest absolute Gasteiger partial charge is 0.357 e. The average Bonchev–Trinajstić information content (AvgIpc) is 2.86. The molecule has 0 bridgehead atoms. The Bertz CT molecular complexity index is 1370. The molecule has 3 rings (SSSR count). The number of aryl methyl sites for hydroxylation is 1. The minimum atomic E-state index is -3.81. The number of hydrogen-bond donors (Lipinski definition) is 1. The summed E-state index contributed by atoms with van der Waals surface area (Å²) in [6.07, 6.45) is 1.28. The van der Waals surface area contributed by atoms with E-state index >= 15 is 0 Å². The number of rotatable bonds is 10. The zero-order valence-corrected chi connectivity index (χ0v) is 23.1. The van der Waals surface area contributed by atoms with Crippen LogP contribution in [0.1, 0.15) is 16.7 Å². The third-order valence-corrected chi connectivity index (χ3v) is 7.70. The van der Waals surface area contributed by atoms with Gasteiger partial charge in [0.25, 0.3) is 0 Å². The number of anilines is 1. The van der Waals surface area contributed by atoms with Gasteiger partial charge in [0.2, 0.25) is 21.8 Å². The molecule has 1 N–H and O–H groups in total. The van der Waals surface area contributed by atoms with Gasteiger partial charge in [-0.3, -0.25) is 13.9 Å². The SMILES string of the molecule is CNC(=O)C(Cc1ccccc1)N(Cc1ccc(Cl)c(Cl)c1)C(=O)CN(c1cccc(C)c1)S(C)(=O)=O. The number of benzene rings is 3. The highest BCUT2D eigenvalue weighted by molar-refractivity contribution is 7.92. The van der Waals surface area contributed by atoms with Gasteiger partial charge in [-0.25, -0.2) is 8.42 Å². The molecule has 196 valence electrons. The molecule has 10 heteroatoms. The van der Waals surface area contributed by atoms with Gasteiger partial charge < -0.3 is 10.2 Å². The molecule has 2 amide bonds. The number of likely N-dealkylation sites (N-methyl/N-ethyl adjacent to an activating group) is 1. The fourth-order valence-electron chi connectivity index (χ4n) is 3.95. The molecule has 3 aromatic rings. The van der Waals surface area contributed by atoms with Crippen LogP contribution < -0.4 is 9.62 Å². The predicted octanol–water partition coefficient (Wildman–Crippen LogP) is 4.45. The Balaban J connectivity index is 2.04. The van der Waals surface area contributed by atoms with E-state index in [0.29, 0.717) is 21.3 Å². The second-order valence-corrected chi connectivity index (χ2v) is 11.4. The van der Waals surface area contributed by atoms with Crippen LogP contribution in [-0.2, 0) is 32.6 Å². The molecule has 0 aliphatic carbocycles. The van der Waals surface area contributed by atoms with Gasteiger partial charge in [-0.2, -0.15) is 0 Å². The monoisotopic (exact) mass is 561 g/mol. The van der Waals surface area contributed by atoms with E-state index < -0.39 is 28.5 Å². The van der Waals surface area contributed by atoms with Crippen LogP contribution in [0.2, 0.25) is 10.0 Å². The summed E-state index contributed by atoms with van der Waals surface area (Å²) >= 11 is 12.3. The number of nitrogens with zero attached hydrogens (tertiary/aromatic N) is 2. The normalized spacial score (nSPS) is 12.0. The van der Waals surface area contributed by atoms with Crippen LogP contribution in [-0.4, -0.2) is 51.0 Å². The van der Waals surface area contributed by atoms with Crippen molar-refractivity contribution in [1.82, 2.24) is 10.2 Å². The first-order valence-electron chi connectivity index (χ1n) is 11.5. The van der Waals surface area contributed by atoms with Gasteiger partial charge in [-0.15, -0.1) is 0 Å². The third-order valence-electron chi connectivity index (χ3n) is 5.82. The number of sulfonamides is 1. The highest BCUT2D eigenvalue weighted by Gasteiger charge is 2.32. The fourth-order valence-corrected chi connectivity index (χ4v) is 5.11.